The van der Waals surface area contributed by atoms with Gasteiger partial charge < -0.3 is 0 Å². The van der Waals surface area contributed by atoms with Gasteiger partial charge in [-0.05, 0) is 23.8 Å². The maximum absolute atomic E-state index is 12.9. The van der Waals surface area contributed by atoms with E-state index in [1.807, 2.05) is 12.1 Å². The fraction of sp³-hybridized carbons (Fsp3) is 0.100. The zero-order valence-electron chi connectivity index (χ0n) is 15.1. The Morgan fingerprint density at radius 1 is 1.14 bits per heavy atom. The summed E-state index contributed by atoms with van der Waals surface area (Å²) in [6.45, 7) is 3.77. The highest BCUT2D eigenvalue weighted by Gasteiger charge is 2.32. The van der Waals surface area contributed by atoms with E-state index in [9.17, 15) is 14.0 Å². The van der Waals surface area contributed by atoms with Gasteiger partial charge in [-0.3, -0.25) is 19.8 Å². The van der Waals surface area contributed by atoms with Crippen LogP contribution in [0.3, 0.4) is 0 Å². The normalized spacial score (nSPS) is 12.9. The molecule has 3 aromatic rings. The lowest BCUT2D eigenvalue weighted by Crippen LogP contribution is -2.32. The van der Waals surface area contributed by atoms with E-state index in [1.54, 1.807) is 24.3 Å². The van der Waals surface area contributed by atoms with Crippen molar-refractivity contribution in [3.63, 3.8) is 0 Å². The first-order valence-corrected chi connectivity index (χ1v) is 10.4. The summed E-state index contributed by atoms with van der Waals surface area (Å²) < 4.78 is 13.6. The molecule has 0 radical (unpaired) electrons. The third-order valence-corrected chi connectivity index (χ3v) is 6.31. The summed E-state index contributed by atoms with van der Waals surface area (Å²) in [4.78, 5) is 26.2. The van der Waals surface area contributed by atoms with Crippen LogP contribution in [0.25, 0.3) is 5.70 Å². The third-order valence-electron chi connectivity index (χ3n) is 4.27. The summed E-state index contributed by atoms with van der Waals surface area (Å²) in [5.74, 6) is -0.280. The van der Waals surface area contributed by atoms with Crippen LogP contribution in [0.4, 0.5) is 9.52 Å². The van der Waals surface area contributed by atoms with Crippen LogP contribution in [0, 0.1) is 5.82 Å². The molecular weight excluding hydrogens is 411 g/mol. The van der Waals surface area contributed by atoms with Crippen molar-refractivity contribution in [1.82, 2.24) is 15.1 Å². The Morgan fingerprint density at radius 3 is 2.59 bits per heavy atom. The minimum absolute atomic E-state index is 0.149. The molecule has 0 spiro atoms. The van der Waals surface area contributed by atoms with Crippen LogP contribution >= 0.6 is 23.1 Å². The zero-order chi connectivity index (χ0) is 20.4. The minimum atomic E-state index is -0.376. The van der Waals surface area contributed by atoms with E-state index < -0.39 is 0 Å². The number of nitrogens with zero attached hydrogens (tertiary/aromatic N) is 3. The average molecular weight is 426 g/mol. The number of carbonyl (C=O) groups excluding carboxylic acids is 2. The van der Waals surface area contributed by atoms with Crippen LogP contribution in [-0.2, 0) is 10.5 Å². The molecule has 2 amide bonds. The maximum Gasteiger partial charge on any atom is 0.259 e. The van der Waals surface area contributed by atoms with Gasteiger partial charge >= 0.3 is 0 Å². The Hall–Kier alpha value is -3.04. The molecule has 0 aliphatic carbocycles. The molecule has 1 aliphatic heterocycles. The van der Waals surface area contributed by atoms with Crippen molar-refractivity contribution in [2.75, 3.05) is 11.9 Å². The third kappa shape index (κ3) is 4.20. The lowest BCUT2D eigenvalue weighted by atomic mass is 10.1. The van der Waals surface area contributed by atoms with Crippen LogP contribution in [0.15, 0.2) is 59.4 Å². The highest BCUT2D eigenvalue weighted by atomic mass is 32.2. The van der Waals surface area contributed by atoms with E-state index in [2.05, 4.69) is 22.1 Å². The molecule has 2 heterocycles. The van der Waals surface area contributed by atoms with Crippen molar-refractivity contribution in [3.8, 4) is 0 Å². The number of hydrogen-bond donors (Lipinski definition) is 1. The van der Waals surface area contributed by atoms with Gasteiger partial charge in [0.2, 0.25) is 11.0 Å². The Bertz CT molecular complexity index is 1060. The number of fused-ring (bicyclic) bond motifs is 1. The Balaban J connectivity index is 1.33. The molecule has 0 fully saturated rings. The molecule has 0 unspecified atom stereocenters. The Kier molecular flexibility index (Phi) is 5.41. The zero-order valence-corrected chi connectivity index (χ0v) is 16.7. The van der Waals surface area contributed by atoms with Crippen LogP contribution in [0.1, 0.15) is 21.5 Å². The number of benzene rings is 2. The second-order valence-electron chi connectivity index (χ2n) is 6.22. The predicted molar refractivity (Wildman–Crippen MR) is 111 cm³/mol. The molecule has 9 heteroatoms. The predicted octanol–water partition coefficient (Wildman–Crippen LogP) is 4.03. The van der Waals surface area contributed by atoms with Crippen molar-refractivity contribution in [2.45, 2.75) is 10.1 Å². The number of hydrogen-bond acceptors (Lipinski definition) is 6. The van der Waals surface area contributed by atoms with Gasteiger partial charge in [-0.15, -0.1) is 10.2 Å². The van der Waals surface area contributed by atoms with Crippen molar-refractivity contribution in [2.24, 2.45) is 0 Å². The maximum atomic E-state index is 12.9. The van der Waals surface area contributed by atoms with Gasteiger partial charge in [-0.25, -0.2) is 4.39 Å². The SMILES string of the molecule is C=C1c2ccccc2C(=O)N1CC(=O)Nc1nnc(SCc2ccc(F)cc2)s1. The summed E-state index contributed by atoms with van der Waals surface area (Å²) in [5, 5.41) is 11.0. The van der Waals surface area contributed by atoms with Gasteiger partial charge in [-0.2, -0.15) is 0 Å². The smallest absolute Gasteiger partial charge is 0.259 e. The first kappa shape index (κ1) is 19.3. The minimum Gasteiger partial charge on any atom is -0.299 e. The molecular formula is C20H15FN4O2S2. The summed E-state index contributed by atoms with van der Waals surface area (Å²) in [7, 11) is 0. The summed E-state index contributed by atoms with van der Waals surface area (Å²) in [5.41, 5.74) is 2.75. The second-order valence-corrected chi connectivity index (χ2v) is 8.42. The van der Waals surface area contributed by atoms with Gasteiger partial charge in [0.1, 0.15) is 12.4 Å². The second kappa shape index (κ2) is 8.14. The number of aromatic nitrogens is 2. The number of nitrogens with one attached hydrogen (secondary N) is 1. The van der Waals surface area contributed by atoms with Crippen molar-refractivity contribution < 1.29 is 14.0 Å². The first-order valence-electron chi connectivity index (χ1n) is 8.62. The lowest BCUT2D eigenvalue weighted by Gasteiger charge is -2.16. The van der Waals surface area contributed by atoms with E-state index in [-0.39, 0.29) is 24.2 Å². The van der Waals surface area contributed by atoms with E-state index in [1.165, 1.54) is 40.1 Å². The quantitative estimate of drug-likeness (QED) is 0.476. The lowest BCUT2D eigenvalue weighted by molar-refractivity contribution is -0.116. The van der Waals surface area contributed by atoms with Gasteiger partial charge in [0.05, 0.1) is 0 Å². The number of anilines is 1. The fourth-order valence-electron chi connectivity index (χ4n) is 2.85. The highest BCUT2D eigenvalue weighted by Crippen LogP contribution is 2.31. The van der Waals surface area contributed by atoms with Gasteiger partial charge in [0, 0.05) is 22.6 Å². The largest absolute Gasteiger partial charge is 0.299 e. The molecule has 0 atom stereocenters. The number of halogens is 1. The molecule has 1 N–H and O–H groups in total. The monoisotopic (exact) mass is 426 g/mol. The van der Waals surface area contributed by atoms with Crippen LogP contribution in [0.2, 0.25) is 0 Å². The Labute approximate surface area is 174 Å². The molecule has 4 rings (SSSR count). The average Bonchev–Trinajstić information content (AvgIpc) is 3.26. The number of carbonyl (C=O) groups is 2. The standard InChI is InChI=1S/C20H15FN4O2S2/c1-12-15-4-2-3-5-16(15)18(27)25(12)10-17(26)22-19-23-24-20(29-19)28-11-13-6-8-14(21)9-7-13/h2-9H,1,10-11H2,(H,22,23,26). The molecule has 1 aliphatic rings. The van der Waals surface area contributed by atoms with E-state index in [0.29, 0.717) is 26.5 Å². The van der Waals surface area contributed by atoms with Crippen LogP contribution in [-0.4, -0.2) is 33.5 Å². The van der Waals surface area contributed by atoms with E-state index in [0.717, 1.165) is 11.1 Å². The van der Waals surface area contributed by atoms with Crippen LogP contribution < -0.4 is 5.32 Å². The summed E-state index contributed by atoms with van der Waals surface area (Å²) in [6.07, 6.45) is 0. The molecule has 29 heavy (non-hydrogen) atoms. The first-order chi connectivity index (χ1) is 14.0. The van der Waals surface area contributed by atoms with Gasteiger partial charge in [-0.1, -0.05) is 60.0 Å². The van der Waals surface area contributed by atoms with Gasteiger partial charge in [0.15, 0.2) is 4.34 Å². The van der Waals surface area contributed by atoms with Gasteiger partial charge in [0.25, 0.3) is 5.91 Å². The molecule has 1 aromatic heterocycles. The molecule has 2 aromatic carbocycles. The van der Waals surface area contributed by atoms with E-state index >= 15 is 0 Å². The number of thioether (sulfide) groups is 1. The molecule has 6 nitrogen and oxygen atoms in total. The molecule has 0 bridgehead atoms. The van der Waals surface area contributed by atoms with Crippen molar-refractivity contribution in [3.05, 3.63) is 77.6 Å². The number of rotatable bonds is 6. The number of amides is 2. The molecule has 0 saturated heterocycles. The van der Waals surface area contributed by atoms with E-state index in [4.69, 9.17) is 0 Å². The molecule has 146 valence electrons. The van der Waals surface area contributed by atoms with Crippen molar-refractivity contribution >= 4 is 45.7 Å². The molecule has 0 saturated carbocycles. The van der Waals surface area contributed by atoms with Crippen molar-refractivity contribution in [1.29, 1.82) is 0 Å². The summed E-state index contributed by atoms with van der Waals surface area (Å²) in [6, 6.07) is 13.4. The summed E-state index contributed by atoms with van der Waals surface area (Å²) >= 11 is 2.68. The highest BCUT2D eigenvalue weighted by molar-refractivity contribution is 8.00. The fourth-order valence-corrected chi connectivity index (χ4v) is 4.57. The topological polar surface area (TPSA) is 75.2 Å². The Morgan fingerprint density at radius 2 is 1.86 bits per heavy atom. The van der Waals surface area contributed by atoms with Crippen LogP contribution in [0.5, 0.6) is 0 Å².